The molecule has 0 fully saturated rings. The molecule has 3 rings (SSSR count). The van der Waals surface area contributed by atoms with E-state index in [-0.39, 0.29) is 5.75 Å². The molecule has 2 N–H and O–H groups in total. The molecule has 0 radical (unpaired) electrons. The maximum absolute atomic E-state index is 12.6. The van der Waals surface area contributed by atoms with Gasteiger partial charge in [0.25, 0.3) is 5.91 Å². The van der Waals surface area contributed by atoms with Gasteiger partial charge in [-0.3, -0.25) is 4.79 Å². The van der Waals surface area contributed by atoms with Crippen LogP contribution in [0.5, 0.6) is 5.75 Å². The summed E-state index contributed by atoms with van der Waals surface area (Å²) in [4.78, 5) is 24.8. The summed E-state index contributed by atoms with van der Waals surface area (Å²) in [5, 5.41) is 14.0. The number of amides is 1. The number of ether oxygens (including phenoxy) is 1. The zero-order chi connectivity index (χ0) is 22.4. The fourth-order valence-electron chi connectivity index (χ4n) is 2.72. The summed E-state index contributed by atoms with van der Waals surface area (Å²) in [5.41, 5.74) is 4.54. The van der Waals surface area contributed by atoms with Crippen LogP contribution in [-0.2, 0) is 4.79 Å². The molecule has 0 saturated carbocycles. The second kappa shape index (κ2) is 10.5. The van der Waals surface area contributed by atoms with Crippen LogP contribution in [0, 0.1) is 6.92 Å². The van der Waals surface area contributed by atoms with Gasteiger partial charge in [0.1, 0.15) is 0 Å². The number of esters is 1. The highest BCUT2D eigenvalue weighted by Crippen LogP contribution is 2.32. The van der Waals surface area contributed by atoms with E-state index in [0.29, 0.717) is 25.6 Å². The van der Waals surface area contributed by atoms with Crippen molar-refractivity contribution >= 4 is 50.0 Å². The Morgan fingerprint density at radius 2 is 1.81 bits per heavy atom. The minimum atomic E-state index is -1.36. The maximum atomic E-state index is 12.6. The van der Waals surface area contributed by atoms with Crippen LogP contribution in [0.2, 0.25) is 0 Å². The summed E-state index contributed by atoms with van der Waals surface area (Å²) in [7, 11) is 0. The van der Waals surface area contributed by atoms with Gasteiger partial charge in [0.05, 0.1) is 16.3 Å². The third-order valence-corrected chi connectivity index (χ3v) is 5.27. The number of hydrogen-bond acceptors (Lipinski definition) is 5. The van der Waals surface area contributed by atoms with Crippen LogP contribution in [0.15, 0.2) is 80.8 Å². The Morgan fingerprint density at radius 3 is 2.52 bits per heavy atom. The first-order valence-electron chi connectivity index (χ1n) is 9.19. The molecular weight excluding hydrogens is 528 g/mol. The van der Waals surface area contributed by atoms with Crippen molar-refractivity contribution in [1.29, 1.82) is 0 Å². The van der Waals surface area contributed by atoms with Crippen molar-refractivity contribution in [3.63, 3.8) is 0 Å². The van der Waals surface area contributed by atoms with Gasteiger partial charge in [-0.2, -0.15) is 5.10 Å². The largest absolute Gasteiger partial charge is 0.421 e. The number of hydrazone groups is 1. The van der Waals surface area contributed by atoms with Gasteiger partial charge in [-0.05, 0) is 52.7 Å². The van der Waals surface area contributed by atoms with E-state index in [1.54, 1.807) is 60.7 Å². The molecule has 6 nitrogen and oxygen atoms in total. The number of rotatable bonds is 6. The van der Waals surface area contributed by atoms with Crippen LogP contribution < -0.4 is 10.2 Å². The second-order valence-corrected chi connectivity index (χ2v) is 8.38. The number of halogens is 2. The summed E-state index contributed by atoms with van der Waals surface area (Å²) in [6.07, 6.45) is -0.0181. The minimum absolute atomic E-state index is 0.247. The topological polar surface area (TPSA) is 88.0 Å². The van der Waals surface area contributed by atoms with Crippen LogP contribution in [0.1, 0.15) is 33.2 Å². The number of aliphatic hydroxyl groups excluding tert-OH is 1. The molecule has 8 heteroatoms. The molecule has 3 aromatic carbocycles. The monoisotopic (exact) mass is 544 g/mol. The summed E-state index contributed by atoms with van der Waals surface area (Å²) in [5.74, 6) is -0.962. The average molecular weight is 546 g/mol. The fourth-order valence-corrected chi connectivity index (χ4v) is 4.06. The summed E-state index contributed by atoms with van der Waals surface area (Å²) in [6, 6.07) is 19.0. The van der Waals surface area contributed by atoms with Crippen molar-refractivity contribution in [2.45, 2.75) is 13.0 Å². The van der Waals surface area contributed by atoms with E-state index >= 15 is 0 Å². The normalized spacial score (nSPS) is 11.9. The first-order valence-corrected chi connectivity index (χ1v) is 10.8. The summed E-state index contributed by atoms with van der Waals surface area (Å²) >= 11 is 6.77. The molecule has 0 aliphatic heterocycles. The highest BCUT2D eigenvalue weighted by molar-refractivity contribution is 9.11. The first-order chi connectivity index (χ1) is 14.8. The van der Waals surface area contributed by atoms with Gasteiger partial charge in [0, 0.05) is 10.0 Å². The predicted molar refractivity (Wildman–Crippen MR) is 125 cm³/mol. The zero-order valence-electron chi connectivity index (χ0n) is 16.4. The third kappa shape index (κ3) is 6.10. The number of carbonyl (C=O) groups is 2. The number of nitrogens with zero attached hydrogens (tertiary/aromatic N) is 1. The molecular formula is C23H18Br2N2O4. The fraction of sp³-hybridized carbons (Fsp3) is 0.0870. The Hall–Kier alpha value is -2.81. The van der Waals surface area contributed by atoms with E-state index in [9.17, 15) is 14.7 Å². The molecule has 0 aliphatic rings. The number of hydrogen-bond donors (Lipinski definition) is 2. The number of aryl methyl sites for hydroxylation is 1. The van der Waals surface area contributed by atoms with Crippen molar-refractivity contribution in [1.82, 2.24) is 5.43 Å². The van der Waals surface area contributed by atoms with Crippen LogP contribution in [0.3, 0.4) is 0 Å². The van der Waals surface area contributed by atoms with E-state index < -0.39 is 18.0 Å². The molecule has 1 atom stereocenters. The standard InChI is InChI=1S/C23H18Br2N2O4/c1-14-6-5-9-16(10-14)23(30)31-21-17(11-18(24)12-19(21)25)13-26-27-22(29)20(28)15-7-3-2-4-8-15/h2-13,20,28H,1H3,(H,27,29)/b26-13-/t20-/m0/s1. The van der Waals surface area contributed by atoms with E-state index in [2.05, 4.69) is 42.4 Å². The molecule has 0 heterocycles. The van der Waals surface area contributed by atoms with E-state index in [0.717, 1.165) is 5.56 Å². The molecule has 158 valence electrons. The van der Waals surface area contributed by atoms with Crippen molar-refractivity contribution in [2.24, 2.45) is 5.10 Å². The van der Waals surface area contributed by atoms with Crippen molar-refractivity contribution in [2.75, 3.05) is 0 Å². The van der Waals surface area contributed by atoms with Crippen LogP contribution in [0.4, 0.5) is 0 Å². The van der Waals surface area contributed by atoms with E-state index in [1.807, 2.05) is 13.0 Å². The molecule has 0 unspecified atom stereocenters. The Bertz CT molecular complexity index is 1130. The smallest absolute Gasteiger partial charge is 0.343 e. The summed E-state index contributed by atoms with van der Waals surface area (Å²) in [6.45, 7) is 1.89. The Kier molecular flexibility index (Phi) is 7.73. The van der Waals surface area contributed by atoms with Gasteiger partial charge in [0.2, 0.25) is 0 Å². The highest BCUT2D eigenvalue weighted by atomic mass is 79.9. The number of benzene rings is 3. The summed E-state index contributed by atoms with van der Waals surface area (Å²) < 4.78 is 6.83. The predicted octanol–water partition coefficient (Wildman–Crippen LogP) is 4.92. The van der Waals surface area contributed by atoms with Gasteiger partial charge in [-0.1, -0.05) is 64.0 Å². The van der Waals surface area contributed by atoms with Crippen molar-refractivity contribution in [3.05, 3.63) is 97.9 Å². The van der Waals surface area contributed by atoms with Gasteiger partial charge in [0.15, 0.2) is 11.9 Å². The highest BCUT2D eigenvalue weighted by Gasteiger charge is 2.17. The lowest BCUT2D eigenvalue weighted by molar-refractivity contribution is -0.129. The molecule has 0 spiro atoms. The molecule has 0 aromatic heterocycles. The van der Waals surface area contributed by atoms with Gasteiger partial charge >= 0.3 is 5.97 Å². The molecule has 0 bridgehead atoms. The molecule has 1 amide bonds. The van der Waals surface area contributed by atoms with E-state index in [4.69, 9.17) is 4.74 Å². The van der Waals surface area contributed by atoms with Crippen LogP contribution in [0.25, 0.3) is 0 Å². The average Bonchev–Trinajstić information content (AvgIpc) is 2.75. The zero-order valence-corrected chi connectivity index (χ0v) is 19.6. The maximum Gasteiger partial charge on any atom is 0.343 e. The van der Waals surface area contributed by atoms with Crippen molar-refractivity contribution < 1.29 is 19.4 Å². The van der Waals surface area contributed by atoms with Gasteiger partial charge < -0.3 is 9.84 Å². The lowest BCUT2D eigenvalue weighted by Crippen LogP contribution is -2.25. The SMILES string of the molecule is Cc1cccc(C(=O)Oc2c(Br)cc(Br)cc2/C=N\NC(=O)[C@@H](O)c2ccccc2)c1. The van der Waals surface area contributed by atoms with Crippen LogP contribution >= 0.6 is 31.9 Å². The Labute approximate surface area is 196 Å². The third-order valence-electron chi connectivity index (χ3n) is 4.23. The second-order valence-electron chi connectivity index (χ2n) is 6.61. The Morgan fingerprint density at radius 1 is 1.06 bits per heavy atom. The minimum Gasteiger partial charge on any atom is -0.421 e. The van der Waals surface area contributed by atoms with E-state index in [1.165, 1.54) is 6.21 Å². The molecule has 31 heavy (non-hydrogen) atoms. The number of nitrogens with one attached hydrogen (secondary N) is 1. The lowest BCUT2D eigenvalue weighted by Gasteiger charge is -2.11. The van der Waals surface area contributed by atoms with Gasteiger partial charge in [-0.15, -0.1) is 0 Å². The molecule has 0 saturated heterocycles. The first kappa shape index (κ1) is 22.9. The van der Waals surface area contributed by atoms with Crippen LogP contribution in [-0.4, -0.2) is 23.2 Å². The van der Waals surface area contributed by atoms with Crippen molar-refractivity contribution in [3.8, 4) is 5.75 Å². The van der Waals surface area contributed by atoms with Gasteiger partial charge in [-0.25, -0.2) is 10.2 Å². The molecule has 3 aromatic rings. The lowest BCUT2D eigenvalue weighted by atomic mass is 10.1. The number of aliphatic hydroxyl groups is 1. The molecule has 0 aliphatic carbocycles. The number of carbonyl (C=O) groups excluding carboxylic acids is 2. The Balaban J connectivity index is 1.78. The quantitative estimate of drug-likeness (QED) is 0.199.